The van der Waals surface area contributed by atoms with Gasteiger partial charge in [-0.2, -0.15) is 0 Å². The number of carbonyl (C=O) groups excluding carboxylic acids is 3. The highest BCUT2D eigenvalue weighted by Crippen LogP contribution is 2.24. The summed E-state index contributed by atoms with van der Waals surface area (Å²) in [6, 6.07) is 8.50. The molecule has 0 radical (unpaired) electrons. The molecule has 1 aliphatic heterocycles. The third-order valence-electron chi connectivity index (χ3n) is 5.25. The van der Waals surface area contributed by atoms with Crippen LogP contribution in [0.1, 0.15) is 35.2 Å². The Morgan fingerprint density at radius 3 is 2.68 bits per heavy atom. The summed E-state index contributed by atoms with van der Waals surface area (Å²) in [6.07, 6.45) is 5.94. The van der Waals surface area contributed by atoms with Crippen molar-refractivity contribution < 1.29 is 23.9 Å². The number of likely N-dealkylation sites (tertiary alicyclic amines) is 1. The van der Waals surface area contributed by atoms with Crippen LogP contribution < -0.4 is 15.8 Å². The maximum absolute atomic E-state index is 12.4. The Balaban J connectivity index is 1.46. The number of piperidine rings is 1. The fraction of sp³-hybridized carbons (Fsp3) is 0.364. The van der Waals surface area contributed by atoms with Crippen molar-refractivity contribution in [1.82, 2.24) is 9.88 Å². The van der Waals surface area contributed by atoms with Gasteiger partial charge in [0, 0.05) is 25.0 Å². The second-order valence-electron chi connectivity index (χ2n) is 7.43. The van der Waals surface area contributed by atoms with Crippen molar-refractivity contribution in [3.8, 4) is 5.75 Å². The summed E-state index contributed by atoms with van der Waals surface area (Å²) < 4.78 is 10.0. The fourth-order valence-electron chi connectivity index (χ4n) is 3.59. The number of nitrogens with two attached hydrogens (primary N) is 1. The van der Waals surface area contributed by atoms with Crippen molar-refractivity contribution in [2.45, 2.75) is 25.7 Å². The Labute approximate surface area is 180 Å². The topological polar surface area (TPSA) is 124 Å². The van der Waals surface area contributed by atoms with E-state index in [0.717, 1.165) is 31.2 Å². The number of esters is 1. The molecule has 31 heavy (non-hydrogen) atoms. The molecule has 0 aliphatic carbocycles. The van der Waals surface area contributed by atoms with Crippen LogP contribution in [-0.4, -0.2) is 48.2 Å². The van der Waals surface area contributed by atoms with Gasteiger partial charge in [-0.25, -0.2) is 14.4 Å². The third kappa shape index (κ3) is 6.43. The number of pyridine rings is 1. The molecule has 0 saturated carbocycles. The smallest absolute Gasteiger partial charge is 0.415 e. The Morgan fingerprint density at radius 2 is 1.97 bits per heavy atom. The Morgan fingerprint density at radius 1 is 1.19 bits per heavy atom. The van der Waals surface area contributed by atoms with Gasteiger partial charge in [0.25, 0.3) is 0 Å². The zero-order valence-corrected chi connectivity index (χ0v) is 17.4. The van der Waals surface area contributed by atoms with Crippen LogP contribution in [0.25, 0.3) is 0 Å². The number of anilines is 1. The van der Waals surface area contributed by atoms with Crippen molar-refractivity contribution >= 4 is 23.8 Å². The van der Waals surface area contributed by atoms with E-state index in [-0.39, 0.29) is 11.3 Å². The largest absolute Gasteiger partial charge is 0.465 e. The summed E-state index contributed by atoms with van der Waals surface area (Å²) in [5.41, 5.74) is 7.20. The van der Waals surface area contributed by atoms with E-state index in [9.17, 15) is 14.4 Å². The molecule has 0 spiro atoms. The number of rotatable bonds is 6. The Hall–Kier alpha value is -3.62. The lowest BCUT2D eigenvalue weighted by Gasteiger charge is -2.31. The molecule has 1 aromatic carbocycles. The van der Waals surface area contributed by atoms with Crippen LogP contribution in [0, 0.1) is 5.92 Å². The number of carbonyl (C=O) groups is 3. The quantitative estimate of drug-likeness (QED) is 0.684. The van der Waals surface area contributed by atoms with Gasteiger partial charge in [-0.1, -0.05) is 12.1 Å². The van der Waals surface area contributed by atoms with Crippen LogP contribution in [-0.2, 0) is 11.2 Å². The molecule has 164 valence electrons. The van der Waals surface area contributed by atoms with Gasteiger partial charge in [0.15, 0.2) is 5.75 Å². The van der Waals surface area contributed by atoms with E-state index in [1.807, 2.05) is 18.2 Å². The first-order valence-corrected chi connectivity index (χ1v) is 10.1. The monoisotopic (exact) mass is 426 g/mol. The van der Waals surface area contributed by atoms with Gasteiger partial charge < -0.3 is 25.4 Å². The molecule has 1 aromatic heterocycles. The van der Waals surface area contributed by atoms with Crippen molar-refractivity contribution in [3.05, 3.63) is 53.9 Å². The molecule has 0 bridgehead atoms. The van der Waals surface area contributed by atoms with E-state index in [0.29, 0.717) is 24.7 Å². The number of benzene rings is 1. The molecular formula is C22H26N4O5. The van der Waals surface area contributed by atoms with E-state index in [2.05, 4.69) is 15.0 Å². The highest BCUT2D eigenvalue weighted by molar-refractivity contribution is 5.89. The van der Waals surface area contributed by atoms with Crippen LogP contribution in [0.3, 0.4) is 0 Å². The zero-order chi connectivity index (χ0) is 22.2. The lowest BCUT2D eigenvalue weighted by molar-refractivity contribution is 0.0599. The molecule has 1 fully saturated rings. The first-order valence-electron chi connectivity index (χ1n) is 10.1. The van der Waals surface area contributed by atoms with Crippen molar-refractivity contribution in [3.63, 3.8) is 0 Å². The highest BCUT2D eigenvalue weighted by Gasteiger charge is 2.24. The lowest BCUT2D eigenvalue weighted by atomic mass is 9.90. The van der Waals surface area contributed by atoms with E-state index in [4.69, 9.17) is 10.5 Å². The molecule has 2 heterocycles. The SMILES string of the molecule is COC(=O)c1cncc(OC(=O)N2CCC(CCc3cccc(NC(N)=O)c3)CC2)c1. The predicted molar refractivity (Wildman–Crippen MR) is 114 cm³/mol. The molecule has 9 heteroatoms. The van der Waals surface area contributed by atoms with Crippen LogP contribution >= 0.6 is 0 Å². The van der Waals surface area contributed by atoms with Crippen molar-refractivity contribution in [2.75, 3.05) is 25.5 Å². The van der Waals surface area contributed by atoms with E-state index in [1.54, 1.807) is 11.0 Å². The molecule has 1 saturated heterocycles. The number of aryl methyl sites for hydroxylation is 1. The molecule has 0 atom stereocenters. The highest BCUT2D eigenvalue weighted by atomic mass is 16.6. The molecular weight excluding hydrogens is 400 g/mol. The van der Waals surface area contributed by atoms with Crippen LogP contribution in [0.4, 0.5) is 15.3 Å². The number of hydrogen-bond donors (Lipinski definition) is 2. The average Bonchev–Trinajstić information content (AvgIpc) is 2.77. The molecule has 3 rings (SSSR count). The van der Waals surface area contributed by atoms with Gasteiger partial charge in [-0.3, -0.25) is 4.98 Å². The van der Waals surface area contributed by atoms with E-state index >= 15 is 0 Å². The number of aromatic nitrogens is 1. The summed E-state index contributed by atoms with van der Waals surface area (Å²) in [4.78, 5) is 40.6. The van der Waals surface area contributed by atoms with Crippen LogP contribution in [0.2, 0.25) is 0 Å². The molecule has 1 aliphatic rings. The maximum Gasteiger partial charge on any atom is 0.415 e. The van der Waals surface area contributed by atoms with Crippen molar-refractivity contribution in [1.29, 1.82) is 0 Å². The molecule has 2 aromatic rings. The number of amides is 3. The average molecular weight is 426 g/mol. The molecule has 9 nitrogen and oxygen atoms in total. The molecule has 3 amide bonds. The minimum atomic E-state index is -0.579. The van der Waals surface area contributed by atoms with Gasteiger partial charge in [0.05, 0.1) is 18.9 Å². The first kappa shape index (κ1) is 22.1. The number of nitrogens with one attached hydrogen (secondary N) is 1. The van der Waals surface area contributed by atoms with Crippen molar-refractivity contribution in [2.24, 2.45) is 11.7 Å². The maximum atomic E-state index is 12.4. The number of urea groups is 1. The summed E-state index contributed by atoms with van der Waals surface area (Å²) in [5.74, 6) is 0.169. The number of hydrogen-bond acceptors (Lipinski definition) is 6. The third-order valence-corrected chi connectivity index (χ3v) is 5.25. The number of nitrogens with zero attached hydrogens (tertiary/aromatic N) is 2. The predicted octanol–water partition coefficient (Wildman–Crippen LogP) is 3.20. The van der Waals surface area contributed by atoms with Gasteiger partial charge >= 0.3 is 18.1 Å². The number of methoxy groups -OCH3 is 1. The first-order chi connectivity index (χ1) is 14.9. The second-order valence-corrected chi connectivity index (χ2v) is 7.43. The van der Waals surface area contributed by atoms with Gasteiger partial charge in [0.2, 0.25) is 0 Å². The number of primary amides is 1. The Bertz CT molecular complexity index is 941. The van der Waals surface area contributed by atoms with Crippen LogP contribution in [0.5, 0.6) is 5.75 Å². The van der Waals surface area contributed by atoms with Gasteiger partial charge in [-0.15, -0.1) is 0 Å². The van der Waals surface area contributed by atoms with Gasteiger partial charge in [-0.05, 0) is 55.4 Å². The van der Waals surface area contributed by atoms with Gasteiger partial charge in [0.1, 0.15) is 0 Å². The standard InChI is InChI=1S/C22H26N4O5/c1-30-20(27)17-12-19(14-24-13-17)31-22(29)26-9-7-15(8-10-26)5-6-16-3-2-4-18(11-16)25-21(23)28/h2-4,11-15H,5-10H2,1H3,(H3,23,25,28). The summed E-state index contributed by atoms with van der Waals surface area (Å²) >= 11 is 0. The van der Waals surface area contributed by atoms with E-state index in [1.165, 1.54) is 25.6 Å². The van der Waals surface area contributed by atoms with Crippen LogP contribution in [0.15, 0.2) is 42.7 Å². The summed E-state index contributed by atoms with van der Waals surface area (Å²) in [5, 5.41) is 2.58. The minimum Gasteiger partial charge on any atom is -0.465 e. The second kappa shape index (κ2) is 10.4. The normalized spacial score (nSPS) is 14.0. The molecule has 0 unspecified atom stereocenters. The summed E-state index contributed by atoms with van der Waals surface area (Å²) in [7, 11) is 1.28. The zero-order valence-electron chi connectivity index (χ0n) is 17.4. The molecule has 3 N–H and O–H groups in total. The van der Waals surface area contributed by atoms with E-state index < -0.39 is 18.1 Å². The number of ether oxygens (including phenoxy) is 2. The fourth-order valence-corrected chi connectivity index (χ4v) is 3.59. The Kier molecular flexibility index (Phi) is 7.42. The lowest BCUT2D eigenvalue weighted by Crippen LogP contribution is -2.40. The summed E-state index contributed by atoms with van der Waals surface area (Å²) in [6.45, 7) is 1.22. The minimum absolute atomic E-state index is 0.208.